The maximum Gasteiger partial charge on any atom is 0.138 e. The third-order valence-corrected chi connectivity index (χ3v) is 3.14. The minimum Gasteiger partial charge on any atom is -0.495 e. The van der Waals surface area contributed by atoms with E-state index in [4.69, 9.17) is 16.3 Å². The van der Waals surface area contributed by atoms with E-state index in [0.29, 0.717) is 10.8 Å². The van der Waals surface area contributed by atoms with Crippen LogP contribution < -0.4 is 15.4 Å². The van der Waals surface area contributed by atoms with Crippen LogP contribution in [0.5, 0.6) is 5.75 Å². The van der Waals surface area contributed by atoms with Gasteiger partial charge in [0.1, 0.15) is 23.7 Å². The summed E-state index contributed by atoms with van der Waals surface area (Å²) in [6, 6.07) is 5.50. The van der Waals surface area contributed by atoms with E-state index in [1.807, 2.05) is 26.0 Å². The van der Waals surface area contributed by atoms with Gasteiger partial charge in [-0.15, -0.1) is 0 Å². The fourth-order valence-electron chi connectivity index (χ4n) is 1.80. The maximum atomic E-state index is 6.11. The molecule has 0 saturated carbocycles. The molecule has 1 aromatic heterocycles. The molecule has 2 rings (SSSR count). The number of methoxy groups -OCH3 is 1. The number of halogens is 1. The summed E-state index contributed by atoms with van der Waals surface area (Å²) in [5.41, 5.74) is 1.81. The van der Waals surface area contributed by atoms with Gasteiger partial charge < -0.3 is 15.4 Å². The van der Waals surface area contributed by atoms with Crippen molar-refractivity contribution in [3.05, 3.63) is 35.1 Å². The summed E-state index contributed by atoms with van der Waals surface area (Å²) in [5, 5.41) is 6.98. The van der Waals surface area contributed by atoms with Crippen molar-refractivity contribution in [2.24, 2.45) is 0 Å². The molecule has 0 spiro atoms. The molecule has 2 aromatic rings. The quantitative estimate of drug-likeness (QED) is 0.881. The van der Waals surface area contributed by atoms with E-state index < -0.39 is 0 Å². The van der Waals surface area contributed by atoms with Crippen LogP contribution in [0.1, 0.15) is 12.5 Å². The van der Waals surface area contributed by atoms with E-state index >= 15 is 0 Å². The van der Waals surface area contributed by atoms with Crippen LogP contribution in [0.2, 0.25) is 5.02 Å². The average molecular weight is 293 g/mol. The molecule has 0 atom stereocenters. The van der Waals surface area contributed by atoms with Crippen LogP contribution in [-0.2, 0) is 0 Å². The standard InChI is InChI=1S/C14H17ClN4O/c1-4-16-13-9(2)14(18-8-17-13)19-10-5-6-12(20-3)11(15)7-10/h5-8H,4H2,1-3H3,(H2,16,17,18,19). The van der Waals surface area contributed by atoms with E-state index in [-0.39, 0.29) is 0 Å². The Morgan fingerprint density at radius 2 is 2.00 bits per heavy atom. The minimum atomic E-state index is 0.552. The highest BCUT2D eigenvalue weighted by Gasteiger charge is 2.08. The molecule has 0 fully saturated rings. The van der Waals surface area contributed by atoms with Crippen LogP contribution in [0, 0.1) is 6.92 Å². The first-order valence-electron chi connectivity index (χ1n) is 6.31. The lowest BCUT2D eigenvalue weighted by Gasteiger charge is -2.12. The molecule has 5 nitrogen and oxygen atoms in total. The normalized spacial score (nSPS) is 10.2. The number of hydrogen-bond acceptors (Lipinski definition) is 5. The van der Waals surface area contributed by atoms with Crippen molar-refractivity contribution in [3.8, 4) is 5.75 Å². The molecule has 1 aromatic carbocycles. The molecule has 0 unspecified atom stereocenters. The Bertz CT molecular complexity index is 604. The highest BCUT2D eigenvalue weighted by molar-refractivity contribution is 6.32. The Hall–Kier alpha value is -2.01. The van der Waals surface area contributed by atoms with Crippen molar-refractivity contribution in [1.82, 2.24) is 9.97 Å². The van der Waals surface area contributed by atoms with Crippen molar-refractivity contribution < 1.29 is 4.74 Å². The van der Waals surface area contributed by atoms with E-state index in [9.17, 15) is 0 Å². The smallest absolute Gasteiger partial charge is 0.138 e. The van der Waals surface area contributed by atoms with Crippen LogP contribution >= 0.6 is 11.6 Å². The Morgan fingerprint density at radius 1 is 1.25 bits per heavy atom. The lowest BCUT2D eigenvalue weighted by atomic mass is 10.2. The highest BCUT2D eigenvalue weighted by atomic mass is 35.5. The van der Waals surface area contributed by atoms with E-state index in [2.05, 4.69) is 20.6 Å². The van der Waals surface area contributed by atoms with Crippen LogP contribution in [0.3, 0.4) is 0 Å². The molecular weight excluding hydrogens is 276 g/mol. The number of nitrogens with zero attached hydrogens (tertiary/aromatic N) is 2. The molecule has 0 amide bonds. The van der Waals surface area contributed by atoms with Crippen molar-refractivity contribution >= 4 is 28.9 Å². The van der Waals surface area contributed by atoms with Gasteiger partial charge in [-0.25, -0.2) is 9.97 Å². The van der Waals surface area contributed by atoms with Gasteiger partial charge in [0, 0.05) is 17.8 Å². The summed E-state index contributed by atoms with van der Waals surface area (Å²) in [6.45, 7) is 4.80. The van der Waals surface area contributed by atoms with E-state index in [1.54, 1.807) is 13.2 Å². The molecule has 2 N–H and O–H groups in total. The van der Waals surface area contributed by atoms with Crippen molar-refractivity contribution in [2.75, 3.05) is 24.3 Å². The SMILES string of the molecule is CCNc1ncnc(Nc2ccc(OC)c(Cl)c2)c1C. The predicted molar refractivity (Wildman–Crippen MR) is 82.2 cm³/mol. The van der Waals surface area contributed by atoms with Crippen molar-refractivity contribution in [2.45, 2.75) is 13.8 Å². The Balaban J connectivity index is 2.26. The van der Waals surface area contributed by atoms with Crippen molar-refractivity contribution in [3.63, 3.8) is 0 Å². The predicted octanol–water partition coefficient (Wildman–Crippen LogP) is 3.62. The monoisotopic (exact) mass is 292 g/mol. The number of hydrogen-bond donors (Lipinski definition) is 2. The first-order valence-corrected chi connectivity index (χ1v) is 6.69. The van der Waals surface area contributed by atoms with E-state index in [1.165, 1.54) is 6.33 Å². The highest BCUT2D eigenvalue weighted by Crippen LogP contribution is 2.29. The zero-order valence-corrected chi connectivity index (χ0v) is 12.5. The third kappa shape index (κ3) is 3.11. The number of nitrogens with one attached hydrogen (secondary N) is 2. The molecule has 106 valence electrons. The van der Waals surface area contributed by atoms with Gasteiger partial charge in [0.05, 0.1) is 12.1 Å². The molecule has 20 heavy (non-hydrogen) atoms. The number of ether oxygens (including phenoxy) is 1. The van der Waals surface area contributed by atoms with Crippen LogP contribution in [-0.4, -0.2) is 23.6 Å². The summed E-state index contributed by atoms with van der Waals surface area (Å²) in [7, 11) is 1.59. The van der Waals surface area contributed by atoms with Gasteiger partial charge in [0.25, 0.3) is 0 Å². The Kier molecular flexibility index (Phi) is 4.63. The second-order valence-electron chi connectivity index (χ2n) is 4.20. The summed E-state index contributed by atoms with van der Waals surface area (Å²) < 4.78 is 5.13. The number of benzene rings is 1. The Labute approximate surface area is 123 Å². The second kappa shape index (κ2) is 6.43. The summed E-state index contributed by atoms with van der Waals surface area (Å²) in [6.07, 6.45) is 1.53. The molecular formula is C14H17ClN4O. The lowest BCUT2D eigenvalue weighted by Crippen LogP contribution is -2.05. The van der Waals surface area contributed by atoms with Gasteiger partial charge in [-0.2, -0.15) is 0 Å². The number of anilines is 3. The summed E-state index contributed by atoms with van der Waals surface area (Å²) in [5.74, 6) is 2.21. The van der Waals surface area contributed by atoms with Gasteiger partial charge in [0.15, 0.2) is 0 Å². The maximum absolute atomic E-state index is 6.11. The molecule has 0 saturated heterocycles. The van der Waals surface area contributed by atoms with Crippen molar-refractivity contribution in [1.29, 1.82) is 0 Å². The molecule has 1 heterocycles. The molecule has 6 heteroatoms. The molecule has 0 radical (unpaired) electrons. The third-order valence-electron chi connectivity index (χ3n) is 2.84. The second-order valence-corrected chi connectivity index (χ2v) is 4.61. The average Bonchev–Trinajstić information content (AvgIpc) is 2.44. The first-order chi connectivity index (χ1) is 9.65. The Morgan fingerprint density at radius 3 is 2.65 bits per heavy atom. The van der Waals surface area contributed by atoms with Gasteiger partial charge in [-0.05, 0) is 32.0 Å². The van der Waals surface area contributed by atoms with Crippen LogP contribution in [0.25, 0.3) is 0 Å². The summed E-state index contributed by atoms with van der Waals surface area (Å²) in [4.78, 5) is 8.46. The van der Waals surface area contributed by atoms with Gasteiger partial charge >= 0.3 is 0 Å². The molecule has 0 aliphatic carbocycles. The fourth-order valence-corrected chi connectivity index (χ4v) is 2.06. The van der Waals surface area contributed by atoms with Gasteiger partial charge in [0.2, 0.25) is 0 Å². The molecule has 0 bridgehead atoms. The largest absolute Gasteiger partial charge is 0.495 e. The van der Waals surface area contributed by atoms with Gasteiger partial charge in [-0.3, -0.25) is 0 Å². The molecule has 0 aliphatic rings. The zero-order valence-electron chi connectivity index (χ0n) is 11.7. The number of rotatable bonds is 5. The zero-order chi connectivity index (χ0) is 14.5. The lowest BCUT2D eigenvalue weighted by molar-refractivity contribution is 0.415. The van der Waals surface area contributed by atoms with Crippen LogP contribution in [0.15, 0.2) is 24.5 Å². The van der Waals surface area contributed by atoms with E-state index in [0.717, 1.165) is 29.4 Å². The van der Waals surface area contributed by atoms with Gasteiger partial charge in [-0.1, -0.05) is 11.6 Å². The number of aromatic nitrogens is 2. The summed E-state index contributed by atoms with van der Waals surface area (Å²) >= 11 is 6.11. The fraction of sp³-hybridized carbons (Fsp3) is 0.286. The minimum absolute atomic E-state index is 0.552. The first kappa shape index (κ1) is 14.4. The molecule has 0 aliphatic heterocycles. The topological polar surface area (TPSA) is 59.1 Å². The van der Waals surface area contributed by atoms with Crippen LogP contribution in [0.4, 0.5) is 17.3 Å².